The van der Waals surface area contributed by atoms with E-state index in [2.05, 4.69) is 22.1 Å². The first-order chi connectivity index (χ1) is 9.21. The lowest BCUT2D eigenvalue weighted by molar-refractivity contribution is -0.131. The number of aromatic nitrogens is 2. The molecule has 0 unspecified atom stereocenters. The maximum absolute atomic E-state index is 12.1. The molecule has 2 aliphatic rings. The molecule has 3 rings (SSSR count). The zero-order valence-corrected chi connectivity index (χ0v) is 12.4. The Hall–Kier alpha value is -0.880. The summed E-state index contributed by atoms with van der Waals surface area (Å²) in [4.78, 5) is 12.1. The fourth-order valence-corrected chi connectivity index (χ4v) is 4.43. The maximum atomic E-state index is 12.1. The molecule has 1 amide bonds. The van der Waals surface area contributed by atoms with Crippen molar-refractivity contribution in [3.63, 3.8) is 0 Å². The molecule has 0 aliphatic heterocycles. The Kier molecular flexibility index (Phi) is 3.62. The minimum Gasteiger partial charge on any atom is -0.300 e. The highest BCUT2D eigenvalue weighted by atomic mass is 32.2. The predicted octanol–water partition coefficient (Wildman–Crippen LogP) is 3.34. The summed E-state index contributed by atoms with van der Waals surface area (Å²) in [5.41, 5.74) is 0.536. The van der Waals surface area contributed by atoms with Crippen molar-refractivity contribution in [2.24, 2.45) is 11.3 Å². The summed E-state index contributed by atoms with van der Waals surface area (Å²) < 4.78 is 0.874. The van der Waals surface area contributed by atoms with Crippen molar-refractivity contribution >= 4 is 34.1 Å². The van der Waals surface area contributed by atoms with Crippen LogP contribution in [0.1, 0.15) is 32.1 Å². The van der Waals surface area contributed by atoms with Gasteiger partial charge in [0.1, 0.15) is 0 Å². The van der Waals surface area contributed by atoms with Crippen molar-refractivity contribution in [3.05, 3.63) is 12.7 Å². The summed E-state index contributed by atoms with van der Waals surface area (Å²) in [5, 5.41) is 11.5. The first-order valence-electron chi connectivity index (χ1n) is 6.59. The van der Waals surface area contributed by atoms with E-state index in [0.29, 0.717) is 10.5 Å². The van der Waals surface area contributed by atoms with Crippen LogP contribution in [0.2, 0.25) is 0 Å². The van der Waals surface area contributed by atoms with Crippen LogP contribution < -0.4 is 5.32 Å². The molecule has 1 aromatic rings. The Morgan fingerprint density at radius 1 is 1.53 bits per heavy atom. The van der Waals surface area contributed by atoms with E-state index in [1.807, 2.05) is 6.08 Å². The smallest absolute Gasteiger partial charge is 0.229 e. The number of carbonyl (C=O) groups is 1. The number of rotatable bonds is 5. The van der Waals surface area contributed by atoms with Gasteiger partial charge in [0, 0.05) is 11.7 Å². The van der Waals surface area contributed by atoms with Gasteiger partial charge < -0.3 is 5.32 Å². The van der Waals surface area contributed by atoms with Gasteiger partial charge in [-0.25, -0.2) is 0 Å². The Balaban J connectivity index is 1.49. The van der Waals surface area contributed by atoms with Crippen LogP contribution in [0.5, 0.6) is 0 Å². The maximum Gasteiger partial charge on any atom is 0.229 e. The summed E-state index contributed by atoms with van der Waals surface area (Å²) in [7, 11) is 0. The molecule has 6 heteroatoms. The molecule has 2 fully saturated rings. The van der Waals surface area contributed by atoms with Gasteiger partial charge in [-0.15, -0.1) is 16.8 Å². The molecule has 0 atom stereocenters. The second-order valence-electron chi connectivity index (χ2n) is 5.42. The second-order valence-corrected chi connectivity index (χ2v) is 7.67. The minimum absolute atomic E-state index is 0.119. The lowest BCUT2D eigenvalue weighted by atomic mass is 9.51. The standard InChI is InChI=1S/C13H17N3OS2/c1-2-6-18-12-16-15-11(19-12)14-10(17)9-7-13(8-9)4-3-5-13/h2,9H,1,3-8H2,(H,14,15,17). The average molecular weight is 295 g/mol. The van der Waals surface area contributed by atoms with Gasteiger partial charge in [0.05, 0.1) is 0 Å². The number of nitrogens with zero attached hydrogens (tertiary/aromatic N) is 2. The first-order valence-corrected chi connectivity index (χ1v) is 8.39. The number of thioether (sulfide) groups is 1. The number of amides is 1. The Morgan fingerprint density at radius 3 is 2.95 bits per heavy atom. The van der Waals surface area contributed by atoms with Crippen molar-refractivity contribution < 1.29 is 4.79 Å². The molecule has 4 nitrogen and oxygen atoms in total. The van der Waals surface area contributed by atoms with E-state index < -0.39 is 0 Å². The van der Waals surface area contributed by atoms with Gasteiger partial charge in [-0.3, -0.25) is 4.79 Å². The van der Waals surface area contributed by atoms with Crippen LogP contribution in [0.4, 0.5) is 5.13 Å². The Bertz CT molecular complexity index is 488. The number of nitrogens with one attached hydrogen (secondary N) is 1. The average Bonchev–Trinajstić information content (AvgIpc) is 2.70. The van der Waals surface area contributed by atoms with E-state index in [1.54, 1.807) is 11.8 Å². The van der Waals surface area contributed by atoms with E-state index in [4.69, 9.17) is 0 Å². The zero-order valence-electron chi connectivity index (χ0n) is 10.7. The lowest BCUT2D eigenvalue weighted by Crippen LogP contribution is -2.47. The molecule has 0 aromatic carbocycles. The normalized spacial score (nSPS) is 20.6. The molecular weight excluding hydrogens is 278 g/mol. The molecule has 1 aromatic heterocycles. The van der Waals surface area contributed by atoms with E-state index in [0.717, 1.165) is 22.9 Å². The summed E-state index contributed by atoms with van der Waals surface area (Å²) in [6, 6.07) is 0. The molecule has 1 spiro atoms. The van der Waals surface area contributed by atoms with Crippen LogP contribution in [-0.4, -0.2) is 21.9 Å². The highest BCUT2D eigenvalue weighted by Crippen LogP contribution is 2.58. The van der Waals surface area contributed by atoms with Crippen LogP contribution >= 0.6 is 23.1 Å². The van der Waals surface area contributed by atoms with Crippen LogP contribution in [-0.2, 0) is 4.79 Å². The van der Waals surface area contributed by atoms with Gasteiger partial charge in [0.2, 0.25) is 11.0 Å². The number of anilines is 1. The SMILES string of the molecule is C=CCSc1nnc(NC(=O)C2CC3(CCC3)C2)s1. The van der Waals surface area contributed by atoms with Crippen LogP contribution in [0.15, 0.2) is 17.0 Å². The minimum atomic E-state index is 0.119. The van der Waals surface area contributed by atoms with E-state index in [1.165, 1.54) is 30.6 Å². The van der Waals surface area contributed by atoms with Crippen molar-refractivity contribution in [2.45, 2.75) is 36.4 Å². The zero-order chi connectivity index (χ0) is 13.3. The summed E-state index contributed by atoms with van der Waals surface area (Å²) in [6.07, 6.45) is 7.94. The fraction of sp³-hybridized carbons (Fsp3) is 0.615. The molecule has 2 saturated carbocycles. The van der Waals surface area contributed by atoms with Crippen LogP contribution in [0, 0.1) is 11.3 Å². The Morgan fingerprint density at radius 2 is 2.32 bits per heavy atom. The first kappa shape index (κ1) is 13.1. The summed E-state index contributed by atoms with van der Waals surface area (Å²) in [5.74, 6) is 1.12. The van der Waals surface area contributed by atoms with Gasteiger partial charge >= 0.3 is 0 Å². The van der Waals surface area contributed by atoms with Gasteiger partial charge in [0.25, 0.3) is 0 Å². The molecule has 1 N–H and O–H groups in total. The summed E-state index contributed by atoms with van der Waals surface area (Å²) in [6.45, 7) is 3.67. The van der Waals surface area contributed by atoms with Crippen LogP contribution in [0.3, 0.4) is 0 Å². The Labute approximate surface area is 121 Å². The number of hydrogen-bond donors (Lipinski definition) is 1. The van der Waals surface area contributed by atoms with E-state index in [9.17, 15) is 4.79 Å². The van der Waals surface area contributed by atoms with Crippen molar-refractivity contribution in [1.82, 2.24) is 10.2 Å². The molecule has 19 heavy (non-hydrogen) atoms. The number of hydrogen-bond acceptors (Lipinski definition) is 5. The second kappa shape index (κ2) is 5.25. The molecule has 0 radical (unpaired) electrons. The van der Waals surface area contributed by atoms with Gasteiger partial charge in [-0.2, -0.15) is 0 Å². The quantitative estimate of drug-likeness (QED) is 0.514. The van der Waals surface area contributed by atoms with E-state index in [-0.39, 0.29) is 11.8 Å². The van der Waals surface area contributed by atoms with Crippen molar-refractivity contribution in [3.8, 4) is 0 Å². The third-order valence-corrected chi connectivity index (χ3v) is 6.07. The van der Waals surface area contributed by atoms with Crippen LogP contribution in [0.25, 0.3) is 0 Å². The highest BCUT2D eigenvalue weighted by molar-refractivity contribution is 8.01. The molecule has 0 bridgehead atoms. The molecule has 102 valence electrons. The van der Waals surface area contributed by atoms with E-state index >= 15 is 0 Å². The van der Waals surface area contributed by atoms with Gasteiger partial charge in [-0.1, -0.05) is 35.6 Å². The number of carbonyl (C=O) groups excluding carboxylic acids is 1. The monoisotopic (exact) mass is 295 g/mol. The predicted molar refractivity (Wildman–Crippen MR) is 78.5 cm³/mol. The largest absolute Gasteiger partial charge is 0.300 e. The molecule has 0 saturated heterocycles. The molecule has 2 aliphatic carbocycles. The van der Waals surface area contributed by atoms with Gasteiger partial charge in [-0.05, 0) is 31.1 Å². The lowest BCUT2D eigenvalue weighted by Gasteiger charge is -2.53. The highest BCUT2D eigenvalue weighted by Gasteiger charge is 2.50. The van der Waals surface area contributed by atoms with Crippen molar-refractivity contribution in [1.29, 1.82) is 0 Å². The fourth-order valence-electron chi connectivity index (χ4n) is 2.91. The molecule has 1 heterocycles. The molecular formula is C13H17N3OS2. The van der Waals surface area contributed by atoms with Gasteiger partial charge in [0.15, 0.2) is 4.34 Å². The third kappa shape index (κ3) is 2.69. The third-order valence-electron chi connectivity index (χ3n) is 4.11. The summed E-state index contributed by atoms with van der Waals surface area (Å²) >= 11 is 3.02. The van der Waals surface area contributed by atoms with Crippen molar-refractivity contribution in [2.75, 3.05) is 11.1 Å². The topological polar surface area (TPSA) is 54.9 Å².